The summed E-state index contributed by atoms with van der Waals surface area (Å²) in [6.07, 6.45) is 1.79. The van der Waals surface area contributed by atoms with Crippen LogP contribution >= 0.6 is 23.4 Å². The fraction of sp³-hybridized carbons (Fsp3) is 0.179. The third-order valence-corrected chi connectivity index (χ3v) is 6.86. The molecule has 0 spiro atoms. The molecule has 1 saturated heterocycles. The van der Waals surface area contributed by atoms with Crippen molar-refractivity contribution in [3.05, 3.63) is 93.3 Å². The predicted octanol–water partition coefficient (Wildman–Crippen LogP) is 6.34. The normalized spacial score (nSPS) is 15.4. The van der Waals surface area contributed by atoms with E-state index in [1.165, 1.54) is 16.7 Å². The molecule has 4 rings (SSSR count). The molecule has 0 saturated carbocycles. The van der Waals surface area contributed by atoms with Gasteiger partial charge in [0.05, 0.1) is 29.9 Å². The lowest BCUT2D eigenvalue weighted by atomic mass is 10.2. The first-order chi connectivity index (χ1) is 17.9. The number of benzene rings is 3. The van der Waals surface area contributed by atoms with Crippen molar-refractivity contribution >= 4 is 52.2 Å². The van der Waals surface area contributed by atoms with Gasteiger partial charge in [0.15, 0.2) is 16.7 Å². The molecule has 0 N–H and O–H groups in total. The van der Waals surface area contributed by atoms with Crippen molar-refractivity contribution < 1.29 is 23.8 Å². The second-order valence-corrected chi connectivity index (χ2v) is 9.34. The quantitative estimate of drug-likeness (QED) is 0.247. The molecule has 7 nitrogen and oxygen atoms in total. The lowest BCUT2D eigenvalue weighted by Crippen LogP contribution is -2.23. The maximum absolute atomic E-state index is 12.9. The Labute approximate surface area is 224 Å². The summed E-state index contributed by atoms with van der Waals surface area (Å²) in [7, 11) is 3.24. The van der Waals surface area contributed by atoms with Crippen LogP contribution in [0.4, 0.5) is 5.69 Å². The Kier molecular flexibility index (Phi) is 8.53. The Morgan fingerprint density at radius 3 is 2.54 bits per heavy atom. The summed E-state index contributed by atoms with van der Waals surface area (Å²) in [6.45, 7) is 2.37. The van der Waals surface area contributed by atoms with E-state index in [0.717, 1.165) is 11.1 Å². The van der Waals surface area contributed by atoms with Gasteiger partial charge in [-0.15, -0.1) is 0 Å². The number of aliphatic imine (C=N–C) groups is 1. The molecule has 190 valence electrons. The van der Waals surface area contributed by atoms with Crippen LogP contribution in [-0.4, -0.2) is 42.7 Å². The SMILES string of the molecule is CCOC(=O)c1ccc(N=C2S/C(=C\c3ccc(OCc4ccccc4Cl)c(OC)c3)C(=O)N2C)cc1. The number of thioether (sulfide) groups is 1. The van der Waals surface area contributed by atoms with Crippen LogP contribution in [0, 0.1) is 0 Å². The smallest absolute Gasteiger partial charge is 0.338 e. The molecule has 1 fully saturated rings. The molecule has 3 aromatic rings. The van der Waals surface area contributed by atoms with Crippen molar-refractivity contribution in [1.82, 2.24) is 4.90 Å². The van der Waals surface area contributed by atoms with Crippen LogP contribution in [0.15, 0.2) is 76.6 Å². The van der Waals surface area contributed by atoms with Gasteiger partial charge in [-0.1, -0.05) is 35.9 Å². The topological polar surface area (TPSA) is 77.4 Å². The molecule has 9 heteroatoms. The molecule has 37 heavy (non-hydrogen) atoms. The largest absolute Gasteiger partial charge is 0.493 e. The summed E-state index contributed by atoms with van der Waals surface area (Å²) in [5.41, 5.74) is 2.73. The van der Waals surface area contributed by atoms with Gasteiger partial charge in [0.25, 0.3) is 5.91 Å². The minimum atomic E-state index is -0.384. The first-order valence-corrected chi connectivity index (χ1v) is 12.7. The van der Waals surface area contributed by atoms with Crippen molar-refractivity contribution in [2.75, 3.05) is 20.8 Å². The maximum Gasteiger partial charge on any atom is 0.338 e. The van der Waals surface area contributed by atoms with Crippen LogP contribution in [-0.2, 0) is 16.1 Å². The Morgan fingerprint density at radius 1 is 1.08 bits per heavy atom. The zero-order valence-electron chi connectivity index (χ0n) is 20.6. The summed E-state index contributed by atoms with van der Waals surface area (Å²) in [5, 5.41) is 1.17. The van der Waals surface area contributed by atoms with Crippen molar-refractivity contribution in [3.63, 3.8) is 0 Å². The van der Waals surface area contributed by atoms with E-state index in [4.69, 9.17) is 25.8 Å². The lowest BCUT2D eigenvalue weighted by Gasteiger charge is -2.12. The van der Waals surface area contributed by atoms with E-state index >= 15 is 0 Å². The number of hydrogen-bond acceptors (Lipinski definition) is 7. The van der Waals surface area contributed by atoms with Gasteiger partial charge in [-0.05, 0) is 72.8 Å². The first kappa shape index (κ1) is 26.3. The van der Waals surface area contributed by atoms with Crippen LogP contribution in [0.3, 0.4) is 0 Å². The van der Waals surface area contributed by atoms with Gasteiger partial charge in [0, 0.05) is 17.6 Å². The number of carbonyl (C=O) groups is 2. The standard InChI is InChI=1S/C28H25ClN2O5S/c1-4-35-27(33)19-10-12-21(13-11-19)30-28-31(2)26(32)25(37-28)16-18-9-14-23(24(15-18)34-3)36-17-20-7-5-6-8-22(20)29/h5-16H,4,17H2,1-3H3/b25-16-,30-28?. The third kappa shape index (κ3) is 6.34. The zero-order valence-corrected chi connectivity index (χ0v) is 22.1. The summed E-state index contributed by atoms with van der Waals surface area (Å²) in [6, 6.07) is 19.7. The average Bonchev–Trinajstić information content (AvgIpc) is 3.16. The number of nitrogens with zero attached hydrogens (tertiary/aromatic N) is 2. The molecular formula is C28H25ClN2O5S. The molecule has 1 aliphatic heterocycles. The van der Waals surface area contributed by atoms with Crippen molar-refractivity contribution in [1.29, 1.82) is 0 Å². The van der Waals surface area contributed by atoms with Crippen LogP contribution < -0.4 is 9.47 Å². The number of esters is 1. The van der Waals surface area contributed by atoms with Gasteiger partial charge in [-0.25, -0.2) is 9.79 Å². The van der Waals surface area contributed by atoms with E-state index in [0.29, 0.717) is 51.1 Å². The van der Waals surface area contributed by atoms with Gasteiger partial charge in [0.2, 0.25) is 0 Å². The molecule has 0 aliphatic carbocycles. The highest BCUT2D eigenvalue weighted by Gasteiger charge is 2.30. The number of amidine groups is 1. The maximum atomic E-state index is 12.9. The van der Waals surface area contributed by atoms with E-state index in [1.54, 1.807) is 57.5 Å². The van der Waals surface area contributed by atoms with Crippen LogP contribution in [0.1, 0.15) is 28.4 Å². The molecule has 0 atom stereocenters. The summed E-state index contributed by atoms with van der Waals surface area (Å²) in [4.78, 5) is 31.3. The van der Waals surface area contributed by atoms with Crippen LogP contribution in [0.5, 0.6) is 11.5 Å². The molecular weight excluding hydrogens is 512 g/mol. The fourth-order valence-corrected chi connectivity index (χ4v) is 4.64. The molecule has 0 aromatic heterocycles. The lowest BCUT2D eigenvalue weighted by molar-refractivity contribution is -0.121. The highest BCUT2D eigenvalue weighted by molar-refractivity contribution is 8.18. The van der Waals surface area contributed by atoms with E-state index in [9.17, 15) is 9.59 Å². The number of carbonyl (C=O) groups excluding carboxylic acids is 2. The molecule has 1 heterocycles. The van der Waals surface area contributed by atoms with E-state index in [1.807, 2.05) is 36.4 Å². The van der Waals surface area contributed by atoms with Crippen LogP contribution in [0.25, 0.3) is 6.08 Å². The first-order valence-electron chi connectivity index (χ1n) is 11.5. The predicted molar refractivity (Wildman–Crippen MR) is 147 cm³/mol. The number of ether oxygens (including phenoxy) is 3. The number of hydrogen-bond donors (Lipinski definition) is 0. The van der Waals surface area contributed by atoms with Crippen molar-refractivity contribution in [3.8, 4) is 11.5 Å². The third-order valence-electron chi connectivity index (χ3n) is 5.43. The Bertz CT molecular complexity index is 1370. The highest BCUT2D eigenvalue weighted by Crippen LogP contribution is 2.35. The number of halogens is 1. The second-order valence-electron chi connectivity index (χ2n) is 7.93. The Hall–Kier alpha value is -3.75. The second kappa shape index (κ2) is 12.0. The van der Waals surface area contributed by atoms with E-state index in [2.05, 4.69) is 4.99 Å². The van der Waals surface area contributed by atoms with Gasteiger partial charge >= 0.3 is 5.97 Å². The highest BCUT2D eigenvalue weighted by atomic mass is 35.5. The Balaban J connectivity index is 1.49. The Morgan fingerprint density at radius 2 is 1.84 bits per heavy atom. The molecule has 3 aromatic carbocycles. The number of amides is 1. The van der Waals surface area contributed by atoms with Gasteiger partial charge in [-0.2, -0.15) is 0 Å². The van der Waals surface area contributed by atoms with Gasteiger partial charge < -0.3 is 14.2 Å². The molecule has 1 aliphatic rings. The van der Waals surface area contributed by atoms with Gasteiger partial charge in [-0.3, -0.25) is 9.69 Å². The summed E-state index contributed by atoms with van der Waals surface area (Å²) in [5.74, 6) is 0.566. The minimum Gasteiger partial charge on any atom is -0.493 e. The van der Waals surface area contributed by atoms with Crippen molar-refractivity contribution in [2.45, 2.75) is 13.5 Å². The molecule has 0 radical (unpaired) electrons. The van der Waals surface area contributed by atoms with Crippen LogP contribution in [0.2, 0.25) is 5.02 Å². The number of likely N-dealkylation sites (N-methyl/N-ethyl adjacent to an activating group) is 1. The van der Waals surface area contributed by atoms with Gasteiger partial charge in [0.1, 0.15) is 6.61 Å². The minimum absolute atomic E-state index is 0.162. The summed E-state index contributed by atoms with van der Waals surface area (Å²) < 4.78 is 16.4. The fourth-order valence-electron chi connectivity index (χ4n) is 3.46. The zero-order chi connectivity index (χ0) is 26.4. The number of rotatable bonds is 8. The molecule has 0 unspecified atom stereocenters. The monoisotopic (exact) mass is 536 g/mol. The average molecular weight is 537 g/mol. The number of methoxy groups -OCH3 is 1. The van der Waals surface area contributed by atoms with Crippen molar-refractivity contribution in [2.24, 2.45) is 4.99 Å². The van der Waals surface area contributed by atoms with E-state index in [-0.39, 0.29) is 11.9 Å². The molecule has 1 amide bonds. The molecule has 0 bridgehead atoms. The summed E-state index contributed by atoms with van der Waals surface area (Å²) >= 11 is 7.49. The van der Waals surface area contributed by atoms with E-state index < -0.39 is 0 Å².